The summed E-state index contributed by atoms with van der Waals surface area (Å²) in [6.45, 7) is 1.85. The minimum Gasteiger partial charge on any atom is -0.436 e. The molecule has 0 saturated heterocycles. The number of aromatic nitrogens is 3. The van der Waals surface area contributed by atoms with Gasteiger partial charge >= 0.3 is 0 Å². The quantitative estimate of drug-likeness (QED) is 0.594. The van der Waals surface area contributed by atoms with Crippen LogP contribution in [0.3, 0.4) is 0 Å². The third-order valence-electron chi connectivity index (χ3n) is 1.93. The van der Waals surface area contributed by atoms with Gasteiger partial charge in [0.2, 0.25) is 5.88 Å². The van der Waals surface area contributed by atoms with Gasteiger partial charge in [-0.3, -0.25) is 9.97 Å². The standard InChI is InChI=1S/C10H11N5O/c1-7-8(3-2-4-13-7)16-10-6-12-5-9(14-10)15-11/h2-6H,11H2,1H3,(H,14,15). The number of anilines is 1. The van der Waals surface area contributed by atoms with Crippen LogP contribution in [0.2, 0.25) is 0 Å². The Kier molecular flexibility index (Phi) is 2.93. The topological polar surface area (TPSA) is 86.0 Å². The monoisotopic (exact) mass is 217 g/mol. The number of rotatable bonds is 3. The van der Waals surface area contributed by atoms with E-state index in [2.05, 4.69) is 20.4 Å². The zero-order chi connectivity index (χ0) is 11.4. The largest absolute Gasteiger partial charge is 0.436 e. The highest BCUT2D eigenvalue weighted by molar-refractivity contribution is 5.34. The zero-order valence-electron chi connectivity index (χ0n) is 8.71. The van der Waals surface area contributed by atoms with Crippen LogP contribution in [0.5, 0.6) is 11.6 Å². The van der Waals surface area contributed by atoms with Gasteiger partial charge in [-0.1, -0.05) is 0 Å². The Hall–Kier alpha value is -2.21. The van der Waals surface area contributed by atoms with E-state index in [-0.39, 0.29) is 0 Å². The lowest BCUT2D eigenvalue weighted by Crippen LogP contribution is -2.09. The van der Waals surface area contributed by atoms with Crippen molar-refractivity contribution in [2.75, 3.05) is 5.43 Å². The van der Waals surface area contributed by atoms with E-state index in [9.17, 15) is 0 Å². The highest BCUT2D eigenvalue weighted by Crippen LogP contribution is 2.21. The van der Waals surface area contributed by atoms with Gasteiger partial charge in [-0.05, 0) is 19.1 Å². The van der Waals surface area contributed by atoms with Crippen molar-refractivity contribution >= 4 is 5.82 Å². The van der Waals surface area contributed by atoms with Crippen molar-refractivity contribution in [3.8, 4) is 11.6 Å². The first-order valence-electron chi connectivity index (χ1n) is 4.68. The van der Waals surface area contributed by atoms with Gasteiger partial charge in [0, 0.05) is 6.20 Å². The van der Waals surface area contributed by atoms with Crippen LogP contribution in [0.4, 0.5) is 5.82 Å². The van der Waals surface area contributed by atoms with Crippen molar-refractivity contribution in [1.82, 2.24) is 15.0 Å². The fourth-order valence-electron chi connectivity index (χ4n) is 1.16. The Balaban J connectivity index is 2.24. The number of nitrogen functional groups attached to an aromatic ring is 1. The molecule has 6 heteroatoms. The van der Waals surface area contributed by atoms with E-state index in [1.54, 1.807) is 12.3 Å². The lowest BCUT2D eigenvalue weighted by Gasteiger charge is -2.06. The Labute approximate surface area is 92.5 Å². The van der Waals surface area contributed by atoms with Crippen molar-refractivity contribution in [2.24, 2.45) is 5.84 Å². The van der Waals surface area contributed by atoms with Gasteiger partial charge in [0.05, 0.1) is 18.1 Å². The normalized spacial score (nSPS) is 9.88. The average Bonchev–Trinajstić information content (AvgIpc) is 2.32. The summed E-state index contributed by atoms with van der Waals surface area (Å²) < 4.78 is 5.52. The summed E-state index contributed by atoms with van der Waals surface area (Å²) in [5.74, 6) is 6.68. The molecule has 2 heterocycles. The molecular weight excluding hydrogens is 206 g/mol. The third-order valence-corrected chi connectivity index (χ3v) is 1.93. The maximum atomic E-state index is 5.52. The molecule has 16 heavy (non-hydrogen) atoms. The first-order valence-corrected chi connectivity index (χ1v) is 4.68. The molecule has 0 atom stereocenters. The number of ether oxygens (including phenoxy) is 1. The Bertz CT molecular complexity index is 488. The summed E-state index contributed by atoms with van der Waals surface area (Å²) in [6, 6.07) is 3.60. The van der Waals surface area contributed by atoms with E-state index in [0.29, 0.717) is 17.4 Å². The summed E-state index contributed by atoms with van der Waals surface area (Å²) in [4.78, 5) is 12.1. The van der Waals surface area contributed by atoms with Crippen molar-refractivity contribution < 1.29 is 4.74 Å². The average molecular weight is 217 g/mol. The van der Waals surface area contributed by atoms with Crippen molar-refractivity contribution in [3.63, 3.8) is 0 Å². The molecule has 0 amide bonds. The van der Waals surface area contributed by atoms with E-state index < -0.39 is 0 Å². The molecule has 6 nitrogen and oxygen atoms in total. The molecule has 0 fully saturated rings. The lowest BCUT2D eigenvalue weighted by atomic mass is 10.3. The fourth-order valence-corrected chi connectivity index (χ4v) is 1.16. The second-order valence-electron chi connectivity index (χ2n) is 3.08. The van der Waals surface area contributed by atoms with E-state index in [1.165, 1.54) is 12.4 Å². The highest BCUT2D eigenvalue weighted by atomic mass is 16.5. The van der Waals surface area contributed by atoms with Gasteiger partial charge in [-0.15, -0.1) is 0 Å². The third kappa shape index (κ3) is 2.23. The molecule has 2 aromatic rings. The van der Waals surface area contributed by atoms with Crippen LogP contribution in [0.1, 0.15) is 5.69 Å². The summed E-state index contributed by atoms with van der Waals surface area (Å²) in [5.41, 5.74) is 3.19. The molecule has 0 spiro atoms. The zero-order valence-corrected chi connectivity index (χ0v) is 8.71. The van der Waals surface area contributed by atoms with E-state index in [1.807, 2.05) is 13.0 Å². The van der Waals surface area contributed by atoms with Crippen LogP contribution in [-0.2, 0) is 0 Å². The van der Waals surface area contributed by atoms with Crippen LogP contribution in [0.15, 0.2) is 30.7 Å². The van der Waals surface area contributed by atoms with E-state index in [4.69, 9.17) is 10.6 Å². The number of aryl methyl sites for hydroxylation is 1. The number of nitrogens with one attached hydrogen (secondary N) is 1. The van der Waals surface area contributed by atoms with E-state index >= 15 is 0 Å². The van der Waals surface area contributed by atoms with Gasteiger partial charge < -0.3 is 10.2 Å². The van der Waals surface area contributed by atoms with E-state index in [0.717, 1.165) is 5.69 Å². The molecule has 0 saturated carbocycles. The first-order chi connectivity index (χ1) is 7.79. The molecule has 0 bridgehead atoms. The van der Waals surface area contributed by atoms with Gasteiger partial charge in [0.1, 0.15) is 0 Å². The Morgan fingerprint density at radius 1 is 1.38 bits per heavy atom. The van der Waals surface area contributed by atoms with Crippen LogP contribution in [-0.4, -0.2) is 15.0 Å². The van der Waals surface area contributed by atoms with Crippen LogP contribution < -0.4 is 16.0 Å². The molecule has 2 aromatic heterocycles. The molecule has 0 aliphatic carbocycles. The van der Waals surface area contributed by atoms with Crippen molar-refractivity contribution in [2.45, 2.75) is 6.92 Å². The van der Waals surface area contributed by atoms with Crippen LogP contribution in [0.25, 0.3) is 0 Å². The summed E-state index contributed by atoms with van der Waals surface area (Å²) in [7, 11) is 0. The smallest absolute Gasteiger partial charge is 0.239 e. The molecule has 0 radical (unpaired) electrons. The number of nitrogens with two attached hydrogens (primary N) is 1. The number of hydrazine groups is 1. The minimum absolute atomic E-state index is 0.367. The first kappa shape index (κ1) is 10.3. The predicted octanol–water partition coefficient (Wildman–Crippen LogP) is 1.26. The second-order valence-corrected chi connectivity index (χ2v) is 3.08. The summed E-state index contributed by atoms with van der Waals surface area (Å²) in [6.07, 6.45) is 4.71. The lowest BCUT2D eigenvalue weighted by molar-refractivity contribution is 0.454. The number of pyridine rings is 1. The van der Waals surface area contributed by atoms with Gasteiger partial charge in [0.25, 0.3) is 0 Å². The maximum absolute atomic E-state index is 5.52. The fraction of sp³-hybridized carbons (Fsp3) is 0.100. The highest BCUT2D eigenvalue weighted by Gasteiger charge is 2.03. The molecule has 3 N–H and O–H groups in total. The van der Waals surface area contributed by atoms with Gasteiger partial charge in [-0.25, -0.2) is 5.84 Å². The van der Waals surface area contributed by atoms with Crippen LogP contribution >= 0.6 is 0 Å². The molecule has 0 aliphatic rings. The number of hydrogen-bond acceptors (Lipinski definition) is 6. The van der Waals surface area contributed by atoms with Crippen molar-refractivity contribution in [1.29, 1.82) is 0 Å². The van der Waals surface area contributed by atoms with Crippen LogP contribution in [0, 0.1) is 6.92 Å². The maximum Gasteiger partial charge on any atom is 0.239 e. The summed E-state index contributed by atoms with van der Waals surface area (Å²) >= 11 is 0. The molecule has 0 aliphatic heterocycles. The summed E-state index contributed by atoms with van der Waals surface area (Å²) in [5, 5.41) is 0. The number of hydrogen-bond donors (Lipinski definition) is 2. The second kappa shape index (κ2) is 4.54. The molecule has 0 unspecified atom stereocenters. The predicted molar refractivity (Wildman–Crippen MR) is 58.9 cm³/mol. The van der Waals surface area contributed by atoms with Crippen molar-refractivity contribution in [3.05, 3.63) is 36.4 Å². The Morgan fingerprint density at radius 2 is 2.25 bits per heavy atom. The molecule has 2 rings (SSSR count). The SMILES string of the molecule is Cc1ncccc1Oc1cncc(NN)n1. The number of nitrogens with zero attached hydrogens (tertiary/aromatic N) is 3. The minimum atomic E-state index is 0.367. The van der Waals surface area contributed by atoms with Gasteiger partial charge in [0.15, 0.2) is 11.6 Å². The van der Waals surface area contributed by atoms with Gasteiger partial charge in [-0.2, -0.15) is 4.98 Å². The molecule has 0 aromatic carbocycles. The molecular formula is C10H11N5O. The Morgan fingerprint density at radius 3 is 3.00 bits per heavy atom. The molecule has 82 valence electrons.